The highest BCUT2D eigenvalue weighted by Gasteiger charge is 2.28. The van der Waals surface area contributed by atoms with Crippen molar-refractivity contribution < 1.29 is 9.18 Å². The van der Waals surface area contributed by atoms with Gasteiger partial charge in [-0.2, -0.15) is 0 Å². The summed E-state index contributed by atoms with van der Waals surface area (Å²) in [5.41, 5.74) is 1.77. The number of amides is 1. The van der Waals surface area contributed by atoms with Crippen molar-refractivity contribution >= 4 is 50.0 Å². The standard InChI is InChI=1S/C19H17BrFN3OS/c1-19(2)23-17(12-3-5-13(20)6-4-12)18(24-19)26-11-16(25)22-15-9-7-14(21)8-10-15/h3-10H,11H2,1-2H3,(H,22,25). The average Bonchev–Trinajstić information content (AvgIpc) is 2.91. The van der Waals surface area contributed by atoms with Gasteiger partial charge in [-0.3, -0.25) is 9.79 Å². The predicted molar refractivity (Wildman–Crippen MR) is 110 cm³/mol. The first-order valence-corrected chi connectivity index (χ1v) is 9.74. The Hall–Kier alpha value is -1.99. The maximum Gasteiger partial charge on any atom is 0.234 e. The van der Waals surface area contributed by atoms with Crippen molar-refractivity contribution in [3.05, 3.63) is 64.4 Å². The van der Waals surface area contributed by atoms with Crippen LogP contribution in [0, 0.1) is 5.82 Å². The molecule has 0 unspecified atom stereocenters. The molecule has 7 heteroatoms. The second kappa shape index (κ2) is 7.72. The number of hydrogen-bond donors (Lipinski definition) is 1. The zero-order chi connectivity index (χ0) is 18.7. The van der Waals surface area contributed by atoms with Gasteiger partial charge in [-0.15, -0.1) is 0 Å². The van der Waals surface area contributed by atoms with Crippen molar-refractivity contribution in [3.8, 4) is 0 Å². The lowest BCUT2D eigenvalue weighted by atomic mass is 10.1. The van der Waals surface area contributed by atoms with Crippen molar-refractivity contribution in [2.75, 3.05) is 11.1 Å². The van der Waals surface area contributed by atoms with E-state index in [9.17, 15) is 9.18 Å². The number of nitrogens with zero attached hydrogens (tertiary/aromatic N) is 2. The first kappa shape index (κ1) is 18.8. The van der Waals surface area contributed by atoms with Gasteiger partial charge in [0.1, 0.15) is 16.5 Å². The minimum Gasteiger partial charge on any atom is -0.325 e. The van der Waals surface area contributed by atoms with Crippen LogP contribution in [-0.4, -0.2) is 28.1 Å². The first-order valence-electron chi connectivity index (χ1n) is 7.97. The Morgan fingerprint density at radius 3 is 2.42 bits per heavy atom. The molecule has 0 spiro atoms. The lowest BCUT2D eigenvalue weighted by molar-refractivity contribution is -0.113. The van der Waals surface area contributed by atoms with Crippen LogP contribution in [0.2, 0.25) is 0 Å². The summed E-state index contributed by atoms with van der Waals surface area (Å²) < 4.78 is 13.9. The highest BCUT2D eigenvalue weighted by Crippen LogP contribution is 2.27. The van der Waals surface area contributed by atoms with E-state index in [2.05, 4.69) is 31.2 Å². The Balaban J connectivity index is 1.67. The number of anilines is 1. The molecule has 1 aliphatic heterocycles. The summed E-state index contributed by atoms with van der Waals surface area (Å²) in [7, 11) is 0. The van der Waals surface area contributed by atoms with E-state index in [1.807, 2.05) is 38.1 Å². The molecule has 1 heterocycles. The molecular weight excluding hydrogens is 417 g/mol. The second-order valence-electron chi connectivity index (χ2n) is 6.22. The monoisotopic (exact) mass is 433 g/mol. The highest BCUT2D eigenvalue weighted by atomic mass is 79.9. The van der Waals surface area contributed by atoms with Crippen LogP contribution in [0.5, 0.6) is 0 Å². The van der Waals surface area contributed by atoms with Crippen LogP contribution in [0.4, 0.5) is 10.1 Å². The zero-order valence-electron chi connectivity index (χ0n) is 14.3. The quantitative estimate of drug-likeness (QED) is 0.745. The number of benzene rings is 2. The number of halogens is 2. The molecule has 26 heavy (non-hydrogen) atoms. The molecule has 0 aliphatic carbocycles. The van der Waals surface area contributed by atoms with Crippen LogP contribution in [0.1, 0.15) is 19.4 Å². The number of thioether (sulfide) groups is 1. The SMILES string of the molecule is CC1(C)N=C(SCC(=O)Nc2ccc(F)cc2)C(c2ccc(Br)cc2)=N1. The number of nitrogens with one attached hydrogen (secondary N) is 1. The summed E-state index contributed by atoms with van der Waals surface area (Å²) >= 11 is 4.77. The summed E-state index contributed by atoms with van der Waals surface area (Å²) in [5, 5.41) is 3.49. The second-order valence-corrected chi connectivity index (χ2v) is 8.10. The maximum absolute atomic E-state index is 12.9. The summed E-state index contributed by atoms with van der Waals surface area (Å²) in [6.07, 6.45) is 0. The van der Waals surface area contributed by atoms with Gasteiger partial charge in [0.25, 0.3) is 0 Å². The van der Waals surface area contributed by atoms with Gasteiger partial charge < -0.3 is 5.32 Å². The van der Waals surface area contributed by atoms with Crippen molar-refractivity contribution in [3.63, 3.8) is 0 Å². The number of carbonyl (C=O) groups excluding carboxylic acids is 1. The Morgan fingerprint density at radius 1 is 1.12 bits per heavy atom. The lowest BCUT2D eigenvalue weighted by Gasteiger charge is -2.07. The van der Waals surface area contributed by atoms with E-state index in [4.69, 9.17) is 0 Å². The summed E-state index contributed by atoms with van der Waals surface area (Å²) in [5.74, 6) is -0.318. The van der Waals surface area contributed by atoms with E-state index in [1.165, 1.54) is 36.0 Å². The van der Waals surface area contributed by atoms with Gasteiger partial charge in [0.05, 0.1) is 11.5 Å². The fourth-order valence-corrected chi connectivity index (χ4v) is 3.60. The molecule has 134 valence electrons. The van der Waals surface area contributed by atoms with Gasteiger partial charge in [0, 0.05) is 15.7 Å². The number of rotatable bonds is 4. The van der Waals surface area contributed by atoms with Crippen LogP contribution in [-0.2, 0) is 4.79 Å². The van der Waals surface area contributed by atoms with Crippen LogP contribution >= 0.6 is 27.7 Å². The predicted octanol–water partition coefficient (Wildman–Crippen LogP) is 4.90. The van der Waals surface area contributed by atoms with Crippen LogP contribution in [0.15, 0.2) is 63.0 Å². The van der Waals surface area contributed by atoms with Crippen molar-refractivity contribution in [1.82, 2.24) is 0 Å². The number of hydrogen-bond acceptors (Lipinski definition) is 4. The average molecular weight is 434 g/mol. The molecule has 0 bridgehead atoms. The van der Waals surface area contributed by atoms with Crippen LogP contribution in [0.3, 0.4) is 0 Å². The topological polar surface area (TPSA) is 53.8 Å². The molecule has 0 saturated carbocycles. The van der Waals surface area contributed by atoms with E-state index in [-0.39, 0.29) is 17.5 Å². The fourth-order valence-electron chi connectivity index (χ4n) is 2.41. The highest BCUT2D eigenvalue weighted by molar-refractivity contribution is 9.10. The largest absolute Gasteiger partial charge is 0.325 e. The van der Waals surface area contributed by atoms with Crippen molar-refractivity contribution in [1.29, 1.82) is 0 Å². The molecule has 2 aromatic rings. The fraction of sp³-hybridized carbons (Fsp3) is 0.211. The molecule has 0 saturated heterocycles. The molecule has 2 aromatic carbocycles. The third-order valence-corrected chi connectivity index (χ3v) is 5.04. The van der Waals surface area contributed by atoms with Gasteiger partial charge in [-0.05, 0) is 50.2 Å². The molecule has 0 fully saturated rings. The number of aliphatic imine (C=N–C) groups is 2. The Bertz CT molecular complexity index is 877. The van der Waals surface area contributed by atoms with E-state index < -0.39 is 5.66 Å². The van der Waals surface area contributed by atoms with Gasteiger partial charge in [-0.1, -0.05) is 39.8 Å². The lowest BCUT2D eigenvalue weighted by Crippen LogP contribution is -2.17. The van der Waals surface area contributed by atoms with E-state index in [0.717, 1.165) is 20.8 Å². The summed E-state index contributed by atoms with van der Waals surface area (Å²) in [4.78, 5) is 21.5. The van der Waals surface area contributed by atoms with E-state index in [1.54, 1.807) is 0 Å². The van der Waals surface area contributed by atoms with Crippen LogP contribution < -0.4 is 5.32 Å². The molecule has 1 N–H and O–H groups in total. The minimum absolute atomic E-state index is 0.177. The van der Waals surface area contributed by atoms with Crippen molar-refractivity contribution in [2.24, 2.45) is 9.98 Å². The number of carbonyl (C=O) groups is 1. The summed E-state index contributed by atoms with van der Waals surface area (Å²) in [6.45, 7) is 3.86. The first-order chi connectivity index (χ1) is 12.3. The van der Waals surface area contributed by atoms with Gasteiger partial charge in [0.15, 0.2) is 0 Å². The Kier molecular flexibility index (Phi) is 5.58. The molecule has 1 amide bonds. The molecule has 0 atom stereocenters. The zero-order valence-corrected chi connectivity index (χ0v) is 16.7. The Morgan fingerprint density at radius 2 is 1.77 bits per heavy atom. The normalized spacial score (nSPS) is 15.4. The molecular formula is C19H17BrFN3OS. The molecule has 3 rings (SSSR count). The van der Waals surface area contributed by atoms with Gasteiger partial charge >= 0.3 is 0 Å². The van der Waals surface area contributed by atoms with E-state index in [0.29, 0.717) is 5.69 Å². The third-order valence-electron chi connectivity index (χ3n) is 3.55. The van der Waals surface area contributed by atoms with E-state index >= 15 is 0 Å². The molecule has 0 radical (unpaired) electrons. The molecule has 0 aromatic heterocycles. The van der Waals surface area contributed by atoms with Crippen LogP contribution in [0.25, 0.3) is 0 Å². The molecule has 1 aliphatic rings. The van der Waals surface area contributed by atoms with Gasteiger partial charge in [-0.25, -0.2) is 9.38 Å². The minimum atomic E-state index is -0.543. The third kappa shape index (κ3) is 4.80. The molecule has 4 nitrogen and oxygen atoms in total. The maximum atomic E-state index is 12.9. The summed E-state index contributed by atoms with van der Waals surface area (Å²) in [6, 6.07) is 13.5. The van der Waals surface area contributed by atoms with Gasteiger partial charge in [0.2, 0.25) is 5.91 Å². The Labute approximate surface area is 164 Å². The van der Waals surface area contributed by atoms with Crippen molar-refractivity contribution in [2.45, 2.75) is 19.5 Å². The smallest absolute Gasteiger partial charge is 0.234 e.